The van der Waals surface area contributed by atoms with E-state index < -0.39 is 17.6 Å². The topological polar surface area (TPSA) is 151 Å². The molecule has 0 saturated carbocycles. The number of nitrogens with one attached hydrogen (secondary N) is 1. The summed E-state index contributed by atoms with van der Waals surface area (Å²) in [5, 5.41) is 18.9. The highest BCUT2D eigenvalue weighted by molar-refractivity contribution is 6.33. The molecule has 1 heterocycles. The van der Waals surface area contributed by atoms with Gasteiger partial charge in [0.2, 0.25) is 0 Å². The number of rotatable bonds is 6. The summed E-state index contributed by atoms with van der Waals surface area (Å²) in [6.45, 7) is 3.36. The lowest BCUT2D eigenvalue weighted by molar-refractivity contribution is -0.150. The van der Waals surface area contributed by atoms with Gasteiger partial charge in [-0.3, -0.25) is 4.79 Å². The third-order valence-electron chi connectivity index (χ3n) is 3.91. The number of nitrogens with two attached hydrogens (primary N) is 1. The van der Waals surface area contributed by atoms with Gasteiger partial charge < -0.3 is 24.9 Å². The van der Waals surface area contributed by atoms with E-state index in [2.05, 4.69) is 4.98 Å². The second kappa shape index (κ2) is 9.00. The molecule has 2 aromatic rings. The minimum Gasteiger partial charge on any atom is -0.493 e. The summed E-state index contributed by atoms with van der Waals surface area (Å²) < 4.78 is 15.8. The summed E-state index contributed by atoms with van der Waals surface area (Å²) in [6, 6.07) is 6.38. The number of halogens is 1. The van der Waals surface area contributed by atoms with Crippen LogP contribution in [0.5, 0.6) is 11.5 Å². The highest BCUT2D eigenvalue weighted by Gasteiger charge is 2.24. The first-order chi connectivity index (χ1) is 13.8. The van der Waals surface area contributed by atoms with Crippen LogP contribution in [-0.2, 0) is 9.53 Å². The summed E-state index contributed by atoms with van der Waals surface area (Å²) in [7, 11) is 1.36. The molecule has 0 aliphatic rings. The number of nitrogens with zero attached hydrogens (tertiary/aromatic N) is 2. The molecule has 2 rings (SSSR count). The average molecular weight is 417 g/mol. The smallest absolute Gasteiger partial charge is 0.347 e. The minimum absolute atomic E-state index is 0.0236. The van der Waals surface area contributed by atoms with Gasteiger partial charge in [0, 0.05) is 17.2 Å². The van der Waals surface area contributed by atoms with Gasteiger partial charge in [-0.2, -0.15) is 10.5 Å². The van der Waals surface area contributed by atoms with E-state index in [0.29, 0.717) is 0 Å². The molecule has 1 atom stereocenters. The van der Waals surface area contributed by atoms with Crippen molar-refractivity contribution in [1.82, 2.24) is 4.98 Å². The number of esters is 1. The standard InChI is InChI=1S/C19H17ClN4O5/c1-4-28-19(26)9(2)29-15-6-13(20)10(5-14(15)27-3)16-11(7-21)17(23)24-18(25)12(16)8-22/h5-6,9H,4H2,1-3H3,(H3,23,24,25). The number of H-pyrrole nitrogens is 1. The normalized spacial score (nSPS) is 11.1. The quantitative estimate of drug-likeness (QED) is 0.680. The van der Waals surface area contributed by atoms with Gasteiger partial charge in [0.25, 0.3) is 5.56 Å². The second-order valence-corrected chi connectivity index (χ2v) is 6.12. The van der Waals surface area contributed by atoms with Crippen LogP contribution < -0.4 is 20.8 Å². The number of aromatic nitrogens is 1. The molecule has 10 heteroatoms. The first kappa shape index (κ1) is 21.6. The maximum absolute atomic E-state index is 12.1. The Bertz CT molecular complexity index is 1100. The Morgan fingerprint density at radius 1 is 1.28 bits per heavy atom. The van der Waals surface area contributed by atoms with Gasteiger partial charge in [-0.05, 0) is 19.9 Å². The number of anilines is 1. The summed E-state index contributed by atoms with van der Waals surface area (Å²) in [5.74, 6) is -0.475. The number of nitriles is 2. The number of aromatic amines is 1. The molecule has 0 spiro atoms. The number of carbonyl (C=O) groups excluding carboxylic acids is 1. The van der Waals surface area contributed by atoms with E-state index in [9.17, 15) is 20.1 Å². The zero-order valence-electron chi connectivity index (χ0n) is 15.8. The number of methoxy groups -OCH3 is 1. The van der Waals surface area contributed by atoms with Gasteiger partial charge in [0.1, 0.15) is 29.1 Å². The summed E-state index contributed by atoms with van der Waals surface area (Å²) >= 11 is 6.36. The van der Waals surface area contributed by atoms with Gasteiger partial charge in [0.05, 0.1) is 18.7 Å². The van der Waals surface area contributed by atoms with Crippen molar-refractivity contribution in [3.63, 3.8) is 0 Å². The molecule has 0 bridgehead atoms. The Morgan fingerprint density at radius 3 is 2.48 bits per heavy atom. The van der Waals surface area contributed by atoms with Crippen molar-refractivity contribution < 1.29 is 19.0 Å². The highest BCUT2D eigenvalue weighted by Crippen LogP contribution is 2.41. The van der Waals surface area contributed by atoms with Crippen molar-refractivity contribution in [1.29, 1.82) is 10.5 Å². The van der Waals surface area contributed by atoms with Crippen molar-refractivity contribution >= 4 is 23.4 Å². The molecule has 29 heavy (non-hydrogen) atoms. The molecule has 3 N–H and O–H groups in total. The van der Waals surface area contributed by atoms with Crippen LogP contribution in [0.25, 0.3) is 11.1 Å². The second-order valence-electron chi connectivity index (χ2n) is 5.71. The van der Waals surface area contributed by atoms with Crippen molar-refractivity contribution in [2.24, 2.45) is 0 Å². The predicted octanol–water partition coefficient (Wildman–Crippen LogP) is 2.36. The monoisotopic (exact) mass is 416 g/mol. The van der Waals surface area contributed by atoms with Crippen LogP contribution in [0.4, 0.5) is 5.82 Å². The van der Waals surface area contributed by atoms with E-state index in [0.717, 1.165) is 0 Å². The van der Waals surface area contributed by atoms with Gasteiger partial charge >= 0.3 is 5.97 Å². The first-order valence-corrected chi connectivity index (χ1v) is 8.73. The van der Waals surface area contributed by atoms with Crippen molar-refractivity contribution in [2.75, 3.05) is 19.5 Å². The van der Waals surface area contributed by atoms with E-state index in [4.69, 9.17) is 31.5 Å². The Labute approximate surface area is 171 Å². The van der Waals surface area contributed by atoms with Crippen molar-refractivity contribution in [3.05, 3.63) is 38.6 Å². The van der Waals surface area contributed by atoms with Crippen LogP contribution in [-0.4, -0.2) is 30.8 Å². The van der Waals surface area contributed by atoms with Crippen LogP contribution >= 0.6 is 11.6 Å². The fraction of sp³-hybridized carbons (Fsp3) is 0.263. The number of benzene rings is 1. The zero-order valence-corrected chi connectivity index (χ0v) is 16.6. The van der Waals surface area contributed by atoms with Gasteiger partial charge in [-0.25, -0.2) is 4.79 Å². The molecule has 9 nitrogen and oxygen atoms in total. The molecule has 1 aromatic heterocycles. The van der Waals surface area contributed by atoms with Gasteiger partial charge in [-0.1, -0.05) is 11.6 Å². The molecule has 0 aliphatic heterocycles. The maximum atomic E-state index is 12.1. The lowest BCUT2D eigenvalue weighted by Crippen LogP contribution is -2.26. The highest BCUT2D eigenvalue weighted by atomic mass is 35.5. The molecule has 0 aliphatic carbocycles. The Hall–Kier alpha value is -3.69. The lowest BCUT2D eigenvalue weighted by Gasteiger charge is -2.18. The third kappa shape index (κ3) is 4.26. The average Bonchev–Trinajstić information content (AvgIpc) is 2.68. The van der Waals surface area contributed by atoms with Crippen LogP contribution in [0.15, 0.2) is 16.9 Å². The van der Waals surface area contributed by atoms with Crippen molar-refractivity contribution in [2.45, 2.75) is 20.0 Å². The molecule has 0 radical (unpaired) electrons. The van der Waals surface area contributed by atoms with E-state index in [1.54, 1.807) is 13.0 Å². The number of pyridine rings is 1. The minimum atomic E-state index is -0.940. The van der Waals surface area contributed by atoms with E-state index in [1.807, 2.05) is 6.07 Å². The van der Waals surface area contributed by atoms with Gasteiger partial charge in [0.15, 0.2) is 17.6 Å². The van der Waals surface area contributed by atoms with E-state index in [1.165, 1.54) is 26.2 Å². The zero-order chi connectivity index (χ0) is 21.7. The molecule has 1 aromatic carbocycles. The largest absolute Gasteiger partial charge is 0.493 e. The van der Waals surface area contributed by atoms with Crippen LogP contribution in [0.2, 0.25) is 5.02 Å². The Kier molecular flexibility index (Phi) is 6.71. The third-order valence-corrected chi connectivity index (χ3v) is 4.23. The lowest BCUT2D eigenvalue weighted by atomic mass is 9.96. The Balaban J connectivity index is 2.67. The number of hydrogen-bond donors (Lipinski definition) is 2. The summed E-state index contributed by atoms with van der Waals surface area (Å²) in [5.41, 5.74) is 4.69. The number of carbonyl (C=O) groups is 1. The molecule has 0 amide bonds. The number of hydrogen-bond acceptors (Lipinski definition) is 8. The molecular formula is C19H17ClN4O5. The fourth-order valence-electron chi connectivity index (χ4n) is 2.59. The summed E-state index contributed by atoms with van der Waals surface area (Å²) in [6.07, 6.45) is -0.940. The van der Waals surface area contributed by atoms with E-state index >= 15 is 0 Å². The SMILES string of the molecule is CCOC(=O)C(C)Oc1cc(Cl)c(-c2c(C#N)c(N)[nH]c(=O)c2C#N)cc1OC. The maximum Gasteiger partial charge on any atom is 0.347 e. The number of ether oxygens (including phenoxy) is 3. The molecular weight excluding hydrogens is 400 g/mol. The van der Waals surface area contributed by atoms with Crippen LogP contribution in [0.1, 0.15) is 25.0 Å². The van der Waals surface area contributed by atoms with Gasteiger partial charge in [-0.15, -0.1) is 0 Å². The Morgan fingerprint density at radius 2 is 1.93 bits per heavy atom. The predicted molar refractivity (Wildman–Crippen MR) is 105 cm³/mol. The molecule has 150 valence electrons. The summed E-state index contributed by atoms with van der Waals surface area (Å²) in [4.78, 5) is 26.2. The molecule has 1 unspecified atom stereocenters. The fourth-order valence-corrected chi connectivity index (χ4v) is 2.84. The van der Waals surface area contributed by atoms with Crippen molar-refractivity contribution in [3.8, 4) is 34.8 Å². The first-order valence-electron chi connectivity index (χ1n) is 8.36. The molecule has 0 fully saturated rings. The van der Waals surface area contributed by atoms with Crippen LogP contribution in [0.3, 0.4) is 0 Å². The van der Waals surface area contributed by atoms with E-state index in [-0.39, 0.29) is 51.2 Å². The van der Waals surface area contributed by atoms with Crippen LogP contribution in [0, 0.1) is 22.7 Å². The number of nitrogen functional groups attached to an aromatic ring is 1. The molecule has 0 saturated heterocycles.